The van der Waals surface area contributed by atoms with Crippen LogP contribution in [0.4, 0.5) is 0 Å². The predicted octanol–water partition coefficient (Wildman–Crippen LogP) is 2.87. The van der Waals surface area contributed by atoms with E-state index in [1.165, 1.54) is 18.5 Å². The van der Waals surface area contributed by atoms with Crippen molar-refractivity contribution in [1.82, 2.24) is 10.2 Å². The fourth-order valence-corrected chi connectivity index (χ4v) is 1.45. The van der Waals surface area contributed by atoms with Gasteiger partial charge in [0.05, 0.1) is 0 Å². The van der Waals surface area contributed by atoms with Gasteiger partial charge in [0, 0.05) is 25.3 Å². The first-order chi connectivity index (χ1) is 6.95. The minimum atomic E-state index is 0.559. The highest BCUT2D eigenvalue weighted by Crippen LogP contribution is 2.11. The van der Waals surface area contributed by atoms with E-state index in [2.05, 4.69) is 51.5 Å². The molecule has 0 saturated heterocycles. The minimum absolute atomic E-state index is 0.559. The van der Waals surface area contributed by atoms with E-state index >= 15 is 0 Å². The monoisotopic (exact) mass is 212 g/mol. The van der Waals surface area contributed by atoms with Crippen LogP contribution in [0.2, 0.25) is 0 Å². The molecule has 2 nitrogen and oxygen atoms in total. The molecule has 0 bridgehead atoms. The van der Waals surface area contributed by atoms with Gasteiger partial charge in [0.1, 0.15) is 0 Å². The molecular formula is C13H28N2. The average molecular weight is 212 g/mol. The van der Waals surface area contributed by atoms with Gasteiger partial charge >= 0.3 is 0 Å². The van der Waals surface area contributed by atoms with Gasteiger partial charge in [-0.15, -0.1) is 0 Å². The summed E-state index contributed by atoms with van der Waals surface area (Å²) >= 11 is 0. The summed E-state index contributed by atoms with van der Waals surface area (Å²) in [5.41, 5.74) is 1.24. The van der Waals surface area contributed by atoms with Crippen LogP contribution in [-0.4, -0.2) is 31.1 Å². The third-order valence-corrected chi connectivity index (χ3v) is 2.63. The molecule has 1 N–H and O–H groups in total. The molecule has 0 unspecified atom stereocenters. The molecule has 0 spiro atoms. The van der Waals surface area contributed by atoms with Crippen LogP contribution in [0.25, 0.3) is 0 Å². The second-order valence-corrected chi connectivity index (χ2v) is 4.88. The number of unbranched alkanes of at least 4 members (excludes halogenated alkanes) is 1. The molecular weight excluding hydrogens is 184 g/mol. The van der Waals surface area contributed by atoms with Crippen molar-refractivity contribution in [2.24, 2.45) is 5.92 Å². The number of hydrogen-bond acceptors (Lipinski definition) is 2. The van der Waals surface area contributed by atoms with E-state index < -0.39 is 0 Å². The first kappa shape index (κ1) is 14.5. The van der Waals surface area contributed by atoms with Gasteiger partial charge in [0.15, 0.2) is 0 Å². The van der Waals surface area contributed by atoms with Gasteiger partial charge in [-0.1, -0.05) is 34.3 Å². The molecule has 0 radical (unpaired) electrons. The van der Waals surface area contributed by atoms with E-state index in [1.54, 1.807) is 0 Å². The summed E-state index contributed by atoms with van der Waals surface area (Å²) in [6, 6.07) is 0.605. The van der Waals surface area contributed by atoms with Crippen molar-refractivity contribution in [2.75, 3.05) is 20.1 Å². The summed E-state index contributed by atoms with van der Waals surface area (Å²) in [5.74, 6) is 0.559. The highest BCUT2D eigenvalue weighted by molar-refractivity contribution is 4.95. The summed E-state index contributed by atoms with van der Waals surface area (Å²) in [6.45, 7) is 15.1. The van der Waals surface area contributed by atoms with Crippen LogP contribution >= 0.6 is 0 Å². The molecule has 0 aliphatic heterocycles. The summed E-state index contributed by atoms with van der Waals surface area (Å²) in [4.78, 5) is 2.28. The zero-order valence-electron chi connectivity index (χ0n) is 11.1. The number of rotatable bonds is 8. The fourth-order valence-electron chi connectivity index (χ4n) is 1.45. The largest absolute Gasteiger partial charge is 0.378 e. The molecule has 0 aliphatic rings. The third-order valence-electron chi connectivity index (χ3n) is 2.63. The Kier molecular flexibility index (Phi) is 7.49. The minimum Gasteiger partial charge on any atom is -0.378 e. The Hall–Kier alpha value is -0.500. The summed E-state index contributed by atoms with van der Waals surface area (Å²) in [6.07, 6.45) is 2.48. The lowest BCUT2D eigenvalue weighted by Crippen LogP contribution is -2.25. The standard InChI is InChI=1S/C13H28N2/c1-11(2)13(5)15(6)10-8-7-9-14-12(3)4/h11-12,14H,5,7-10H2,1-4,6H3. The van der Waals surface area contributed by atoms with Gasteiger partial charge < -0.3 is 10.2 Å². The highest BCUT2D eigenvalue weighted by atomic mass is 15.1. The molecule has 0 rings (SSSR count). The van der Waals surface area contributed by atoms with Crippen LogP contribution in [0, 0.1) is 5.92 Å². The number of nitrogens with one attached hydrogen (secondary N) is 1. The van der Waals surface area contributed by atoms with Crippen LogP contribution in [0.5, 0.6) is 0 Å². The first-order valence-corrected chi connectivity index (χ1v) is 6.08. The second kappa shape index (κ2) is 7.75. The molecule has 0 fully saturated rings. The van der Waals surface area contributed by atoms with Crippen molar-refractivity contribution in [3.63, 3.8) is 0 Å². The van der Waals surface area contributed by atoms with Crippen molar-refractivity contribution < 1.29 is 0 Å². The van der Waals surface area contributed by atoms with Gasteiger partial charge in [-0.25, -0.2) is 0 Å². The van der Waals surface area contributed by atoms with E-state index in [0.717, 1.165) is 13.1 Å². The normalized spacial score (nSPS) is 11.1. The fraction of sp³-hybridized carbons (Fsp3) is 0.846. The predicted molar refractivity (Wildman–Crippen MR) is 69.0 cm³/mol. The maximum atomic E-state index is 4.09. The molecule has 2 heteroatoms. The summed E-state index contributed by atoms with van der Waals surface area (Å²) in [7, 11) is 2.14. The van der Waals surface area contributed by atoms with Gasteiger partial charge in [-0.2, -0.15) is 0 Å². The van der Waals surface area contributed by atoms with Gasteiger partial charge in [0.2, 0.25) is 0 Å². The molecule has 0 atom stereocenters. The first-order valence-electron chi connectivity index (χ1n) is 6.08. The van der Waals surface area contributed by atoms with Crippen LogP contribution in [0.3, 0.4) is 0 Å². The molecule has 90 valence electrons. The number of nitrogens with zero attached hydrogens (tertiary/aromatic N) is 1. The Morgan fingerprint density at radius 2 is 1.80 bits per heavy atom. The Bertz CT molecular complexity index is 173. The SMILES string of the molecule is C=C(C(C)C)N(C)CCCCNC(C)C. The van der Waals surface area contributed by atoms with E-state index in [1.807, 2.05) is 0 Å². The third kappa shape index (κ3) is 7.43. The average Bonchev–Trinajstić information content (AvgIpc) is 2.15. The molecule has 15 heavy (non-hydrogen) atoms. The highest BCUT2D eigenvalue weighted by Gasteiger charge is 2.05. The van der Waals surface area contributed by atoms with E-state index in [4.69, 9.17) is 0 Å². The summed E-state index contributed by atoms with van der Waals surface area (Å²) < 4.78 is 0. The molecule has 0 amide bonds. The van der Waals surface area contributed by atoms with Crippen molar-refractivity contribution in [1.29, 1.82) is 0 Å². The molecule has 0 aromatic rings. The van der Waals surface area contributed by atoms with Crippen LogP contribution < -0.4 is 5.32 Å². The van der Waals surface area contributed by atoms with Crippen molar-refractivity contribution in [3.05, 3.63) is 12.3 Å². The van der Waals surface area contributed by atoms with Crippen molar-refractivity contribution in [3.8, 4) is 0 Å². The van der Waals surface area contributed by atoms with Gasteiger partial charge in [-0.05, 0) is 25.3 Å². The molecule has 0 aromatic heterocycles. The molecule has 0 saturated carbocycles. The van der Waals surface area contributed by atoms with E-state index in [9.17, 15) is 0 Å². The van der Waals surface area contributed by atoms with Gasteiger partial charge in [-0.3, -0.25) is 0 Å². The lowest BCUT2D eigenvalue weighted by molar-refractivity contribution is 0.363. The Morgan fingerprint density at radius 1 is 1.20 bits per heavy atom. The van der Waals surface area contributed by atoms with Crippen LogP contribution in [-0.2, 0) is 0 Å². The topological polar surface area (TPSA) is 15.3 Å². The maximum absolute atomic E-state index is 4.09. The van der Waals surface area contributed by atoms with E-state index in [0.29, 0.717) is 12.0 Å². The lowest BCUT2D eigenvalue weighted by Gasteiger charge is -2.24. The zero-order chi connectivity index (χ0) is 11.8. The second-order valence-electron chi connectivity index (χ2n) is 4.88. The van der Waals surface area contributed by atoms with Crippen LogP contribution in [0.1, 0.15) is 40.5 Å². The molecule has 0 aliphatic carbocycles. The Balaban J connectivity index is 3.47. The van der Waals surface area contributed by atoms with Crippen molar-refractivity contribution in [2.45, 2.75) is 46.6 Å². The van der Waals surface area contributed by atoms with Crippen molar-refractivity contribution >= 4 is 0 Å². The molecule has 0 heterocycles. The van der Waals surface area contributed by atoms with Crippen LogP contribution in [0.15, 0.2) is 12.3 Å². The van der Waals surface area contributed by atoms with Gasteiger partial charge in [0.25, 0.3) is 0 Å². The zero-order valence-corrected chi connectivity index (χ0v) is 11.1. The lowest BCUT2D eigenvalue weighted by atomic mass is 10.1. The number of allylic oxidation sites excluding steroid dienone is 1. The molecule has 0 aromatic carbocycles. The smallest absolute Gasteiger partial charge is 0.0172 e. The Labute approximate surface area is 95.7 Å². The quantitative estimate of drug-likeness (QED) is 0.622. The maximum Gasteiger partial charge on any atom is 0.0172 e. The Morgan fingerprint density at radius 3 is 2.27 bits per heavy atom. The summed E-state index contributed by atoms with van der Waals surface area (Å²) in [5, 5.41) is 3.43. The number of hydrogen-bond donors (Lipinski definition) is 1. The van der Waals surface area contributed by atoms with E-state index in [-0.39, 0.29) is 0 Å².